The zero-order chi connectivity index (χ0) is 12.3. The van der Waals surface area contributed by atoms with Gasteiger partial charge in [-0.2, -0.15) is 0 Å². The molecule has 0 spiro atoms. The molecule has 0 fully saturated rings. The number of phenolic OH excluding ortho intramolecular Hbond substituents is 1. The van der Waals surface area contributed by atoms with E-state index in [9.17, 15) is 20.1 Å². The summed E-state index contributed by atoms with van der Waals surface area (Å²) in [7, 11) is 0. The second-order valence-electron chi connectivity index (χ2n) is 3.43. The molecule has 88 valence electrons. The van der Waals surface area contributed by atoms with Crippen LogP contribution in [0.4, 0.5) is 5.69 Å². The third-order valence-corrected chi connectivity index (χ3v) is 2.14. The van der Waals surface area contributed by atoms with Crippen LogP contribution in [0.3, 0.4) is 0 Å². The predicted molar refractivity (Wildman–Crippen MR) is 55.7 cm³/mol. The minimum atomic E-state index is -1.43. The number of hydrogen-bond donors (Lipinski definition) is 5. The van der Waals surface area contributed by atoms with E-state index in [2.05, 4.69) is 0 Å². The van der Waals surface area contributed by atoms with Gasteiger partial charge in [-0.15, -0.1) is 0 Å². The van der Waals surface area contributed by atoms with Crippen LogP contribution in [0.2, 0.25) is 0 Å². The number of phenols is 1. The fourth-order valence-electron chi connectivity index (χ4n) is 1.26. The van der Waals surface area contributed by atoms with Crippen LogP contribution in [0.25, 0.3) is 0 Å². The van der Waals surface area contributed by atoms with Crippen molar-refractivity contribution in [2.24, 2.45) is 0 Å². The third kappa shape index (κ3) is 2.85. The normalized spacial score (nSPS) is 14.4. The van der Waals surface area contributed by atoms with Crippen molar-refractivity contribution >= 4 is 11.7 Å². The van der Waals surface area contributed by atoms with Crippen molar-refractivity contribution in [3.8, 4) is 5.75 Å². The lowest BCUT2D eigenvalue weighted by atomic mass is 10.0. The lowest BCUT2D eigenvalue weighted by molar-refractivity contribution is -0.141. The Hall–Kier alpha value is -1.79. The summed E-state index contributed by atoms with van der Waals surface area (Å²) in [6, 6.07) is 3.96. The SMILES string of the molecule is Nc1ccc(C(O)C(O)CC(=O)O)cc1O. The molecule has 0 aliphatic carbocycles. The summed E-state index contributed by atoms with van der Waals surface area (Å²) in [6.45, 7) is 0. The molecule has 6 N–H and O–H groups in total. The van der Waals surface area contributed by atoms with E-state index in [1.165, 1.54) is 18.2 Å². The van der Waals surface area contributed by atoms with Crippen LogP contribution in [-0.2, 0) is 4.79 Å². The molecular weight excluding hydrogens is 214 g/mol. The van der Waals surface area contributed by atoms with Gasteiger partial charge in [0.25, 0.3) is 0 Å². The molecule has 6 heteroatoms. The van der Waals surface area contributed by atoms with E-state index >= 15 is 0 Å². The number of rotatable bonds is 4. The van der Waals surface area contributed by atoms with E-state index in [0.717, 1.165) is 0 Å². The van der Waals surface area contributed by atoms with Crippen molar-refractivity contribution in [1.82, 2.24) is 0 Å². The fourth-order valence-corrected chi connectivity index (χ4v) is 1.26. The van der Waals surface area contributed by atoms with Crippen LogP contribution in [0.1, 0.15) is 18.1 Å². The van der Waals surface area contributed by atoms with E-state index < -0.39 is 24.6 Å². The van der Waals surface area contributed by atoms with Crippen LogP contribution in [0.15, 0.2) is 18.2 Å². The Balaban J connectivity index is 2.83. The van der Waals surface area contributed by atoms with E-state index in [1.807, 2.05) is 0 Å². The van der Waals surface area contributed by atoms with Crippen molar-refractivity contribution in [2.45, 2.75) is 18.6 Å². The highest BCUT2D eigenvalue weighted by atomic mass is 16.4. The van der Waals surface area contributed by atoms with Crippen LogP contribution < -0.4 is 5.73 Å². The minimum Gasteiger partial charge on any atom is -0.506 e. The fraction of sp³-hybridized carbons (Fsp3) is 0.300. The maximum atomic E-state index is 10.3. The van der Waals surface area contributed by atoms with Gasteiger partial charge in [0, 0.05) is 0 Å². The van der Waals surface area contributed by atoms with Crippen molar-refractivity contribution in [1.29, 1.82) is 0 Å². The molecule has 0 heterocycles. The number of aliphatic hydroxyl groups excluding tert-OH is 2. The molecule has 0 saturated heterocycles. The van der Waals surface area contributed by atoms with Crippen LogP contribution in [0, 0.1) is 0 Å². The molecule has 0 amide bonds. The number of aliphatic hydroxyl groups is 2. The first-order valence-corrected chi connectivity index (χ1v) is 4.58. The quantitative estimate of drug-likeness (QED) is 0.360. The van der Waals surface area contributed by atoms with Gasteiger partial charge in [-0.25, -0.2) is 0 Å². The number of benzene rings is 1. The highest BCUT2D eigenvalue weighted by molar-refractivity contribution is 5.67. The first-order chi connectivity index (χ1) is 7.41. The molecule has 0 aromatic heterocycles. The summed E-state index contributed by atoms with van der Waals surface area (Å²) in [5.74, 6) is -1.44. The van der Waals surface area contributed by atoms with Gasteiger partial charge in [-0.1, -0.05) is 6.07 Å². The summed E-state index contributed by atoms with van der Waals surface area (Å²) >= 11 is 0. The Morgan fingerprint density at radius 3 is 2.50 bits per heavy atom. The van der Waals surface area contributed by atoms with Gasteiger partial charge >= 0.3 is 5.97 Å². The molecular formula is C10H13NO5. The number of aromatic hydroxyl groups is 1. The number of carboxylic acids is 1. The number of anilines is 1. The summed E-state index contributed by atoms with van der Waals surface area (Å²) < 4.78 is 0. The third-order valence-electron chi connectivity index (χ3n) is 2.14. The smallest absolute Gasteiger partial charge is 0.306 e. The Bertz CT molecular complexity index is 393. The predicted octanol–water partition coefficient (Wildman–Crippen LogP) is -0.157. The standard InChI is InChI=1S/C10H13NO5/c11-6-2-1-5(3-7(6)12)10(16)8(13)4-9(14)15/h1-3,8,10,12-13,16H,4,11H2,(H,14,15). The van der Waals surface area contributed by atoms with Gasteiger partial charge in [0.2, 0.25) is 0 Å². The Labute approximate surface area is 91.6 Å². The van der Waals surface area contributed by atoms with Gasteiger partial charge in [-0.05, 0) is 17.7 Å². The number of nitrogens with two attached hydrogens (primary N) is 1. The van der Waals surface area contributed by atoms with Crippen molar-refractivity contribution in [3.05, 3.63) is 23.8 Å². The topological polar surface area (TPSA) is 124 Å². The molecule has 16 heavy (non-hydrogen) atoms. The molecule has 1 rings (SSSR count). The number of carboxylic acid groups (broad SMARTS) is 1. The highest BCUT2D eigenvalue weighted by Gasteiger charge is 2.21. The molecule has 0 aliphatic heterocycles. The minimum absolute atomic E-state index is 0.142. The van der Waals surface area contributed by atoms with E-state index in [4.69, 9.17) is 10.8 Å². The van der Waals surface area contributed by atoms with Gasteiger partial charge in [0.15, 0.2) is 0 Å². The van der Waals surface area contributed by atoms with Crippen LogP contribution in [0.5, 0.6) is 5.75 Å². The maximum Gasteiger partial charge on any atom is 0.306 e. The molecule has 6 nitrogen and oxygen atoms in total. The number of nitrogen functional groups attached to an aromatic ring is 1. The Morgan fingerprint density at radius 2 is 2.00 bits per heavy atom. The van der Waals surface area contributed by atoms with E-state index in [-0.39, 0.29) is 17.0 Å². The summed E-state index contributed by atoms with van der Waals surface area (Å²) in [4.78, 5) is 10.3. The monoisotopic (exact) mass is 227 g/mol. The average molecular weight is 227 g/mol. The zero-order valence-corrected chi connectivity index (χ0v) is 8.37. The second kappa shape index (κ2) is 4.82. The highest BCUT2D eigenvalue weighted by Crippen LogP contribution is 2.26. The van der Waals surface area contributed by atoms with E-state index in [0.29, 0.717) is 0 Å². The average Bonchev–Trinajstić information content (AvgIpc) is 2.20. The Morgan fingerprint density at radius 1 is 1.38 bits per heavy atom. The molecule has 1 aromatic rings. The molecule has 0 saturated carbocycles. The van der Waals surface area contributed by atoms with E-state index in [1.54, 1.807) is 0 Å². The van der Waals surface area contributed by atoms with Crippen molar-refractivity contribution < 1.29 is 25.2 Å². The van der Waals surface area contributed by atoms with Crippen molar-refractivity contribution in [2.75, 3.05) is 5.73 Å². The molecule has 0 bridgehead atoms. The zero-order valence-electron chi connectivity index (χ0n) is 8.37. The Kier molecular flexibility index (Phi) is 3.70. The summed E-state index contributed by atoms with van der Waals surface area (Å²) in [5.41, 5.74) is 5.71. The van der Waals surface area contributed by atoms with Crippen LogP contribution >= 0.6 is 0 Å². The summed E-state index contributed by atoms with van der Waals surface area (Å²) in [6.07, 6.45) is -3.38. The number of aliphatic carboxylic acids is 1. The van der Waals surface area contributed by atoms with Gasteiger partial charge in [0.1, 0.15) is 11.9 Å². The number of hydrogen-bond acceptors (Lipinski definition) is 5. The van der Waals surface area contributed by atoms with Gasteiger partial charge < -0.3 is 26.2 Å². The van der Waals surface area contributed by atoms with Crippen molar-refractivity contribution in [3.63, 3.8) is 0 Å². The molecule has 0 aliphatic rings. The molecule has 0 radical (unpaired) electrons. The number of carbonyl (C=O) groups is 1. The van der Waals surface area contributed by atoms with Gasteiger partial charge in [0.05, 0.1) is 18.2 Å². The molecule has 1 aromatic carbocycles. The van der Waals surface area contributed by atoms with Gasteiger partial charge in [-0.3, -0.25) is 4.79 Å². The summed E-state index contributed by atoms with van der Waals surface area (Å²) in [5, 5.41) is 36.7. The first kappa shape index (κ1) is 12.3. The molecule has 2 atom stereocenters. The van der Waals surface area contributed by atoms with Crippen LogP contribution in [-0.4, -0.2) is 32.5 Å². The largest absolute Gasteiger partial charge is 0.506 e. The lowest BCUT2D eigenvalue weighted by Gasteiger charge is -2.16. The second-order valence-corrected chi connectivity index (χ2v) is 3.43. The lowest BCUT2D eigenvalue weighted by Crippen LogP contribution is -2.21. The molecule has 2 unspecified atom stereocenters. The maximum absolute atomic E-state index is 10.3. The first-order valence-electron chi connectivity index (χ1n) is 4.58.